The minimum atomic E-state index is -0.923. The standard InChI is InChI=1S/C28H23NO7/c1-16(2)36-28(33)19-9-6-10-20(13-19)29-24(17-7-4-3-5-8-17)23(26(31)27(29)32)25(30)18-11-12-21-22(14-18)35-15-34-21/h3-14,16,24,30H,15H2,1-2H3/b25-23-. The number of carbonyl (C=O) groups is 3. The molecular formula is C28H23NO7. The van der Waals surface area contributed by atoms with Crippen molar-refractivity contribution in [3.8, 4) is 11.5 Å². The van der Waals surface area contributed by atoms with E-state index in [4.69, 9.17) is 14.2 Å². The monoisotopic (exact) mass is 485 g/mol. The lowest BCUT2D eigenvalue weighted by Gasteiger charge is -2.25. The number of Topliss-reactive ketones (excluding diaryl/α,β-unsaturated/α-hetero) is 1. The molecule has 3 aromatic rings. The number of anilines is 1. The molecule has 0 bridgehead atoms. The minimum Gasteiger partial charge on any atom is -0.507 e. The van der Waals surface area contributed by atoms with Gasteiger partial charge in [-0.1, -0.05) is 36.4 Å². The van der Waals surface area contributed by atoms with Gasteiger partial charge >= 0.3 is 5.97 Å². The van der Waals surface area contributed by atoms with Crippen LogP contribution in [0.3, 0.4) is 0 Å². The molecule has 3 aromatic carbocycles. The van der Waals surface area contributed by atoms with Crippen molar-refractivity contribution >= 4 is 29.1 Å². The predicted molar refractivity (Wildman–Crippen MR) is 131 cm³/mol. The van der Waals surface area contributed by atoms with Gasteiger partial charge in [-0.2, -0.15) is 0 Å². The van der Waals surface area contributed by atoms with Crippen molar-refractivity contribution < 1.29 is 33.7 Å². The number of esters is 1. The molecule has 182 valence electrons. The lowest BCUT2D eigenvalue weighted by Crippen LogP contribution is -2.29. The van der Waals surface area contributed by atoms with Gasteiger partial charge in [-0.3, -0.25) is 14.5 Å². The number of rotatable bonds is 5. The van der Waals surface area contributed by atoms with Crippen LogP contribution < -0.4 is 14.4 Å². The first-order chi connectivity index (χ1) is 17.3. The molecular weight excluding hydrogens is 462 g/mol. The topological polar surface area (TPSA) is 102 Å². The number of hydrogen-bond donors (Lipinski definition) is 1. The molecule has 1 atom stereocenters. The Morgan fingerprint density at radius 2 is 1.69 bits per heavy atom. The molecule has 1 N–H and O–H groups in total. The smallest absolute Gasteiger partial charge is 0.338 e. The van der Waals surface area contributed by atoms with Crippen LogP contribution in [-0.4, -0.2) is 35.7 Å². The van der Waals surface area contributed by atoms with Crippen LogP contribution in [-0.2, 0) is 14.3 Å². The molecule has 36 heavy (non-hydrogen) atoms. The second-order valence-electron chi connectivity index (χ2n) is 8.65. The van der Waals surface area contributed by atoms with Crippen LogP contribution in [0.1, 0.15) is 41.4 Å². The minimum absolute atomic E-state index is 0.0591. The van der Waals surface area contributed by atoms with Crippen molar-refractivity contribution in [1.82, 2.24) is 0 Å². The number of benzene rings is 3. The summed E-state index contributed by atoms with van der Waals surface area (Å²) in [5, 5.41) is 11.3. The highest BCUT2D eigenvalue weighted by molar-refractivity contribution is 6.51. The van der Waals surface area contributed by atoms with Gasteiger partial charge in [0.2, 0.25) is 6.79 Å². The van der Waals surface area contributed by atoms with Crippen molar-refractivity contribution in [2.45, 2.75) is 26.0 Å². The number of nitrogens with zero attached hydrogens (tertiary/aromatic N) is 1. The van der Waals surface area contributed by atoms with Crippen molar-refractivity contribution in [3.05, 3.63) is 95.1 Å². The van der Waals surface area contributed by atoms with E-state index < -0.39 is 23.7 Å². The molecule has 0 radical (unpaired) electrons. The van der Waals surface area contributed by atoms with E-state index in [1.165, 1.54) is 11.0 Å². The van der Waals surface area contributed by atoms with Gasteiger partial charge in [0.1, 0.15) is 5.76 Å². The SMILES string of the molecule is CC(C)OC(=O)c1cccc(N2C(=O)C(=O)/C(=C(\O)c3ccc4c(c3)OCO4)C2c2ccccc2)c1. The third-order valence-corrected chi connectivity index (χ3v) is 5.91. The van der Waals surface area contributed by atoms with Crippen LogP contribution in [0.15, 0.2) is 78.4 Å². The van der Waals surface area contributed by atoms with Gasteiger partial charge < -0.3 is 19.3 Å². The number of amides is 1. The van der Waals surface area contributed by atoms with Gasteiger partial charge in [0.25, 0.3) is 11.7 Å². The second-order valence-corrected chi connectivity index (χ2v) is 8.65. The molecule has 0 aromatic heterocycles. The summed E-state index contributed by atoms with van der Waals surface area (Å²) in [4.78, 5) is 40.5. The summed E-state index contributed by atoms with van der Waals surface area (Å²) in [5.74, 6) is -1.58. The molecule has 5 rings (SSSR count). The number of ether oxygens (including phenoxy) is 3. The fourth-order valence-electron chi connectivity index (χ4n) is 4.31. The molecule has 1 saturated heterocycles. The molecule has 2 aliphatic rings. The summed E-state index contributed by atoms with van der Waals surface area (Å²) in [6.45, 7) is 3.54. The zero-order valence-corrected chi connectivity index (χ0v) is 19.6. The number of aliphatic hydroxyl groups is 1. The molecule has 2 aliphatic heterocycles. The molecule has 2 heterocycles. The van der Waals surface area contributed by atoms with Crippen LogP contribution in [0.4, 0.5) is 5.69 Å². The Labute approximate surface area is 207 Å². The lowest BCUT2D eigenvalue weighted by atomic mass is 9.95. The summed E-state index contributed by atoms with van der Waals surface area (Å²) < 4.78 is 16.0. The average Bonchev–Trinajstić information content (AvgIpc) is 3.45. The van der Waals surface area contributed by atoms with Crippen molar-refractivity contribution in [1.29, 1.82) is 0 Å². The third-order valence-electron chi connectivity index (χ3n) is 5.91. The fraction of sp³-hybridized carbons (Fsp3) is 0.179. The normalized spacial score (nSPS) is 18.1. The predicted octanol–water partition coefficient (Wildman–Crippen LogP) is 4.61. The van der Waals surface area contributed by atoms with Crippen molar-refractivity contribution in [2.24, 2.45) is 0 Å². The number of aliphatic hydroxyl groups excluding tert-OH is 1. The lowest BCUT2D eigenvalue weighted by molar-refractivity contribution is -0.132. The van der Waals surface area contributed by atoms with Gasteiger partial charge in [0.15, 0.2) is 11.5 Å². The highest BCUT2D eigenvalue weighted by Crippen LogP contribution is 2.43. The van der Waals surface area contributed by atoms with Crippen LogP contribution >= 0.6 is 0 Å². The zero-order chi connectivity index (χ0) is 25.4. The van der Waals surface area contributed by atoms with Crippen LogP contribution in [0.5, 0.6) is 11.5 Å². The van der Waals surface area contributed by atoms with E-state index in [1.807, 2.05) is 6.07 Å². The van der Waals surface area contributed by atoms with E-state index in [0.29, 0.717) is 28.3 Å². The molecule has 1 unspecified atom stereocenters. The number of fused-ring (bicyclic) bond motifs is 1. The molecule has 1 amide bonds. The van der Waals surface area contributed by atoms with Crippen molar-refractivity contribution in [2.75, 3.05) is 11.7 Å². The molecule has 0 spiro atoms. The Bertz CT molecular complexity index is 1390. The second kappa shape index (κ2) is 9.22. The van der Waals surface area contributed by atoms with E-state index in [-0.39, 0.29) is 29.8 Å². The van der Waals surface area contributed by atoms with Crippen molar-refractivity contribution in [3.63, 3.8) is 0 Å². The van der Waals surface area contributed by atoms with Gasteiger partial charge in [0, 0.05) is 11.3 Å². The maximum Gasteiger partial charge on any atom is 0.338 e. The zero-order valence-electron chi connectivity index (χ0n) is 19.6. The fourth-order valence-corrected chi connectivity index (χ4v) is 4.31. The maximum atomic E-state index is 13.4. The Morgan fingerprint density at radius 1 is 0.944 bits per heavy atom. The first-order valence-corrected chi connectivity index (χ1v) is 11.4. The Morgan fingerprint density at radius 3 is 2.44 bits per heavy atom. The van der Waals surface area contributed by atoms with E-state index in [2.05, 4.69) is 0 Å². The first kappa shape index (κ1) is 23.2. The summed E-state index contributed by atoms with van der Waals surface area (Å²) in [6, 6.07) is 19.1. The quantitative estimate of drug-likeness (QED) is 0.244. The average molecular weight is 485 g/mol. The van der Waals surface area contributed by atoms with Gasteiger partial charge in [-0.05, 0) is 55.8 Å². The summed E-state index contributed by atoms with van der Waals surface area (Å²) >= 11 is 0. The molecule has 8 nitrogen and oxygen atoms in total. The van der Waals surface area contributed by atoms with E-state index >= 15 is 0 Å². The molecule has 1 fully saturated rings. The van der Waals surface area contributed by atoms with Gasteiger partial charge in [-0.15, -0.1) is 0 Å². The van der Waals surface area contributed by atoms with E-state index in [1.54, 1.807) is 74.5 Å². The number of ketones is 1. The van der Waals surface area contributed by atoms with Crippen LogP contribution in [0.2, 0.25) is 0 Å². The summed E-state index contributed by atoms with van der Waals surface area (Å²) in [6.07, 6.45) is -0.318. The van der Waals surface area contributed by atoms with Gasteiger partial charge in [0.05, 0.1) is 23.3 Å². The third kappa shape index (κ3) is 4.07. The molecule has 8 heteroatoms. The van der Waals surface area contributed by atoms with Crippen LogP contribution in [0, 0.1) is 0 Å². The molecule has 0 aliphatic carbocycles. The number of hydrogen-bond acceptors (Lipinski definition) is 7. The first-order valence-electron chi connectivity index (χ1n) is 11.4. The number of carbonyl (C=O) groups excluding carboxylic acids is 3. The van der Waals surface area contributed by atoms with E-state index in [9.17, 15) is 19.5 Å². The highest BCUT2D eigenvalue weighted by Gasteiger charge is 2.47. The summed E-state index contributed by atoms with van der Waals surface area (Å²) in [7, 11) is 0. The molecule has 0 saturated carbocycles. The Balaban J connectivity index is 1.64. The maximum absolute atomic E-state index is 13.4. The van der Waals surface area contributed by atoms with Gasteiger partial charge in [-0.25, -0.2) is 4.79 Å². The van der Waals surface area contributed by atoms with Crippen LogP contribution in [0.25, 0.3) is 5.76 Å². The Kier molecular flexibility index (Phi) is 5.93. The van der Waals surface area contributed by atoms with E-state index in [0.717, 1.165) is 0 Å². The highest BCUT2D eigenvalue weighted by atomic mass is 16.7. The Hall–Kier alpha value is -4.59. The largest absolute Gasteiger partial charge is 0.507 e. The summed E-state index contributed by atoms with van der Waals surface area (Å²) in [5.41, 5.74) is 1.43.